The lowest BCUT2D eigenvalue weighted by atomic mass is 10.3. The number of H-pyrrole nitrogens is 1. The van der Waals surface area contributed by atoms with Crippen LogP contribution in [0.15, 0.2) is 6.33 Å². The summed E-state index contributed by atoms with van der Waals surface area (Å²) in [5.74, 6) is 0.622. The molecule has 0 saturated carbocycles. The smallest absolute Gasteiger partial charge is 0.226 e. The number of nitrogens with zero attached hydrogens (tertiary/aromatic N) is 3. The third kappa shape index (κ3) is 2.97. The molecule has 0 bridgehead atoms. The van der Waals surface area contributed by atoms with Crippen molar-refractivity contribution in [2.24, 2.45) is 0 Å². The van der Waals surface area contributed by atoms with E-state index in [4.69, 9.17) is 11.6 Å². The fraction of sp³-hybridized carbons (Fsp3) is 0.500. The van der Waals surface area contributed by atoms with Crippen molar-refractivity contribution in [2.75, 3.05) is 18.1 Å². The lowest BCUT2D eigenvalue weighted by molar-refractivity contribution is 0.672. The Morgan fingerprint density at radius 3 is 3.06 bits per heavy atom. The quantitative estimate of drug-likeness (QED) is 0.816. The maximum atomic E-state index is 11.2. The topological polar surface area (TPSA) is 83.6 Å². The van der Waals surface area contributed by atoms with Crippen molar-refractivity contribution in [3.05, 3.63) is 11.6 Å². The second kappa shape index (κ2) is 5.62. The molecule has 2 atom stereocenters. The van der Waals surface area contributed by atoms with Gasteiger partial charge in [0, 0.05) is 28.9 Å². The summed E-state index contributed by atoms with van der Waals surface area (Å²) >= 11 is 5.81. The van der Waals surface area contributed by atoms with Gasteiger partial charge in [-0.25, -0.2) is 4.98 Å². The van der Waals surface area contributed by atoms with Crippen LogP contribution in [0.1, 0.15) is 13.3 Å². The lowest BCUT2D eigenvalue weighted by Gasteiger charge is -2.10. The standard InChI is InChI=1S/C10H14ClN5OS/c1-6(18(2)17)3-4-12-8-7-9(14-5-13-7)16-10(11)15-8/h5-6H,3-4H2,1-2H3,(H2,12,13,14,15,16). The second-order valence-corrected chi connectivity index (χ2v) is 6.11. The number of halogens is 1. The maximum Gasteiger partial charge on any atom is 0.226 e. The van der Waals surface area contributed by atoms with Gasteiger partial charge in [0.2, 0.25) is 5.28 Å². The van der Waals surface area contributed by atoms with Crippen molar-refractivity contribution >= 4 is 39.4 Å². The van der Waals surface area contributed by atoms with Gasteiger partial charge in [-0.05, 0) is 18.0 Å². The molecule has 0 aliphatic heterocycles. The first-order valence-corrected chi connectivity index (χ1v) is 7.50. The third-order valence-corrected chi connectivity index (χ3v) is 4.21. The van der Waals surface area contributed by atoms with Gasteiger partial charge in [0.05, 0.1) is 6.33 Å². The number of aromatic nitrogens is 4. The normalized spacial score (nSPS) is 14.6. The van der Waals surface area contributed by atoms with Gasteiger partial charge in [-0.3, -0.25) is 4.21 Å². The third-order valence-electron chi connectivity index (χ3n) is 2.67. The zero-order valence-electron chi connectivity index (χ0n) is 10.1. The molecule has 98 valence electrons. The number of rotatable bonds is 5. The van der Waals surface area contributed by atoms with Crippen LogP contribution in [0, 0.1) is 0 Å². The van der Waals surface area contributed by atoms with Crippen LogP contribution in [-0.4, -0.2) is 42.2 Å². The van der Waals surface area contributed by atoms with E-state index in [2.05, 4.69) is 25.3 Å². The minimum absolute atomic E-state index is 0.145. The zero-order chi connectivity index (χ0) is 13.1. The molecular weight excluding hydrogens is 274 g/mol. The number of fused-ring (bicyclic) bond motifs is 1. The first-order valence-electron chi connectivity index (χ1n) is 5.50. The molecular formula is C10H14ClN5OS. The summed E-state index contributed by atoms with van der Waals surface area (Å²) < 4.78 is 11.2. The van der Waals surface area contributed by atoms with E-state index in [0.29, 0.717) is 18.0 Å². The van der Waals surface area contributed by atoms with Crippen molar-refractivity contribution < 1.29 is 4.21 Å². The van der Waals surface area contributed by atoms with Crippen molar-refractivity contribution in [3.63, 3.8) is 0 Å². The Balaban J connectivity index is 2.07. The summed E-state index contributed by atoms with van der Waals surface area (Å²) in [4.78, 5) is 15.1. The molecule has 0 aromatic carbocycles. The molecule has 0 saturated heterocycles. The average Bonchev–Trinajstić information content (AvgIpc) is 2.76. The summed E-state index contributed by atoms with van der Waals surface area (Å²) in [6.07, 6.45) is 4.05. The molecule has 0 spiro atoms. The molecule has 2 N–H and O–H groups in total. The summed E-state index contributed by atoms with van der Waals surface area (Å²) in [6.45, 7) is 2.62. The average molecular weight is 288 g/mol. The Kier molecular flexibility index (Phi) is 4.13. The van der Waals surface area contributed by atoms with E-state index in [1.165, 1.54) is 0 Å². The number of anilines is 1. The number of aromatic amines is 1. The fourth-order valence-corrected chi connectivity index (χ4v) is 2.11. The van der Waals surface area contributed by atoms with E-state index < -0.39 is 10.8 Å². The molecule has 6 nitrogen and oxygen atoms in total. The highest BCUT2D eigenvalue weighted by atomic mass is 35.5. The molecule has 2 aromatic heterocycles. The van der Waals surface area contributed by atoms with Gasteiger partial charge in [0.25, 0.3) is 0 Å². The first-order chi connectivity index (χ1) is 8.58. The van der Waals surface area contributed by atoms with E-state index in [1.807, 2.05) is 6.92 Å². The van der Waals surface area contributed by atoms with Gasteiger partial charge in [0.15, 0.2) is 11.5 Å². The minimum atomic E-state index is -0.811. The number of nitrogens with one attached hydrogen (secondary N) is 2. The van der Waals surface area contributed by atoms with Gasteiger partial charge < -0.3 is 10.3 Å². The van der Waals surface area contributed by atoms with E-state index in [0.717, 1.165) is 11.9 Å². The Bertz CT molecular complexity index is 572. The number of hydrogen-bond acceptors (Lipinski definition) is 5. The second-order valence-electron chi connectivity index (χ2n) is 3.97. The van der Waals surface area contributed by atoms with Crippen LogP contribution in [-0.2, 0) is 10.8 Å². The highest BCUT2D eigenvalue weighted by Crippen LogP contribution is 2.18. The molecule has 2 heterocycles. The summed E-state index contributed by atoms with van der Waals surface area (Å²) in [5, 5.41) is 3.46. The monoisotopic (exact) mass is 287 g/mol. The van der Waals surface area contributed by atoms with Crippen molar-refractivity contribution in [1.82, 2.24) is 19.9 Å². The highest BCUT2D eigenvalue weighted by molar-refractivity contribution is 7.84. The van der Waals surface area contributed by atoms with Crippen LogP contribution in [0.4, 0.5) is 5.82 Å². The van der Waals surface area contributed by atoms with E-state index in [-0.39, 0.29) is 10.5 Å². The van der Waals surface area contributed by atoms with Crippen molar-refractivity contribution in [3.8, 4) is 0 Å². The van der Waals surface area contributed by atoms with Crippen LogP contribution in [0.5, 0.6) is 0 Å². The molecule has 2 unspecified atom stereocenters. The molecule has 8 heteroatoms. The minimum Gasteiger partial charge on any atom is -0.368 e. The predicted octanol–water partition coefficient (Wildman–Crippen LogP) is 1.58. The molecule has 18 heavy (non-hydrogen) atoms. The van der Waals surface area contributed by atoms with E-state index >= 15 is 0 Å². The van der Waals surface area contributed by atoms with Gasteiger partial charge in [-0.15, -0.1) is 0 Å². The van der Waals surface area contributed by atoms with Crippen LogP contribution >= 0.6 is 11.6 Å². The van der Waals surface area contributed by atoms with Gasteiger partial charge >= 0.3 is 0 Å². The summed E-state index contributed by atoms with van der Waals surface area (Å²) in [6, 6.07) is 0. The number of imidazole rings is 1. The Morgan fingerprint density at radius 1 is 1.56 bits per heavy atom. The molecule has 2 rings (SSSR count). The molecule has 0 aliphatic carbocycles. The van der Waals surface area contributed by atoms with E-state index in [1.54, 1.807) is 12.6 Å². The Morgan fingerprint density at radius 2 is 2.33 bits per heavy atom. The molecule has 0 amide bonds. The van der Waals surface area contributed by atoms with Crippen LogP contribution < -0.4 is 5.32 Å². The van der Waals surface area contributed by atoms with Gasteiger partial charge in [-0.2, -0.15) is 9.97 Å². The van der Waals surface area contributed by atoms with Crippen LogP contribution in [0.2, 0.25) is 5.28 Å². The first kappa shape index (κ1) is 13.2. The molecule has 0 radical (unpaired) electrons. The SMILES string of the molecule is CC(CCNc1nc(Cl)nc2nc[nH]c12)S(C)=O. The van der Waals surface area contributed by atoms with Crippen LogP contribution in [0.25, 0.3) is 11.2 Å². The Labute approximate surface area is 112 Å². The lowest BCUT2D eigenvalue weighted by Crippen LogP contribution is -2.15. The van der Waals surface area contributed by atoms with Gasteiger partial charge in [0.1, 0.15) is 5.52 Å². The zero-order valence-corrected chi connectivity index (χ0v) is 11.7. The summed E-state index contributed by atoms with van der Waals surface area (Å²) in [7, 11) is -0.811. The summed E-state index contributed by atoms with van der Waals surface area (Å²) in [5.41, 5.74) is 1.26. The van der Waals surface area contributed by atoms with Crippen molar-refractivity contribution in [2.45, 2.75) is 18.6 Å². The largest absolute Gasteiger partial charge is 0.368 e. The molecule has 0 fully saturated rings. The molecule has 0 aliphatic rings. The Hall–Kier alpha value is -1.21. The number of hydrogen-bond donors (Lipinski definition) is 2. The van der Waals surface area contributed by atoms with E-state index in [9.17, 15) is 4.21 Å². The molecule has 2 aromatic rings. The van der Waals surface area contributed by atoms with Crippen molar-refractivity contribution in [1.29, 1.82) is 0 Å². The van der Waals surface area contributed by atoms with Crippen LogP contribution in [0.3, 0.4) is 0 Å². The highest BCUT2D eigenvalue weighted by Gasteiger charge is 2.10. The maximum absolute atomic E-state index is 11.2. The van der Waals surface area contributed by atoms with Gasteiger partial charge in [-0.1, -0.05) is 6.92 Å². The predicted molar refractivity (Wildman–Crippen MR) is 73.3 cm³/mol. The fourth-order valence-electron chi connectivity index (χ4n) is 1.49.